The molecule has 0 aliphatic heterocycles. The molecule has 2 aromatic rings. The molecule has 8 nitrogen and oxygen atoms in total. The lowest BCUT2D eigenvalue weighted by molar-refractivity contribution is -0.159. The van der Waals surface area contributed by atoms with Crippen LogP contribution >= 0.6 is 0 Å². The summed E-state index contributed by atoms with van der Waals surface area (Å²) in [5.41, 5.74) is -3.84. The first-order valence-electron chi connectivity index (χ1n) is 12.4. The van der Waals surface area contributed by atoms with Crippen molar-refractivity contribution in [2.75, 3.05) is 0 Å². The van der Waals surface area contributed by atoms with Crippen LogP contribution in [0.4, 0.5) is 26.3 Å². The molecule has 4 rings (SSSR count). The Morgan fingerprint density at radius 3 is 1.71 bits per heavy atom. The van der Waals surface area contributed by atoms with Crippen molar-refractivity contribution < 1.29 is 60.1 Å². The number of carboxylic acids is 1. The largest absolute Gasteiger partial charge is 0.478 e. The van der Waals surface area contributed by atoms with Crippen LogP contribution in [0.1, 0.15) is 57.5 Å². The Labute approximate surface area is 228 Å². The highest BCUT2D eigenvalue weighted by molar-refractivity contribution is 5.97. The second kappa shape index (κ2) is 11.4. The molecule has 0 unspecified atom stereocenters. The van der Waals surface area contributed by atoms with Crippen LogP contribution in [0.15, 0.2) is 48.5 Å². The first-order chi connectivity index (χ1) is 19.1. The molecule has 2 N–H and O–H groups in total. The Morgan fingerprint density at radius 2 is 1.29 bits per heavy atom. The van der Waals surface area contributed by atoms with E-state index in [1.807, 2.05) is 0 Å². The predicted molar refractivity (Wildman–Crippen MR) is 126 cm³/mol. The van der Waals surface area contributed by atoms with Gasteiger partial charge in [0.2, 0.25) is 12.2 Å². The molecule has 220 valence electrons. The van der Waals surface area contributed by atoms with Gasteiger partial charge in [-0.1, -0.05) is 18.6 Å². The highest BCUT2D eigenvalue weighted by Gasteiger charge is 2.45. The van der Waals surface area contributed by atoms with Gasteiger partial charge < -0.3 is 19.9 Å². The van der Waals surface area contributed by atoms with Crippen LogP contribution in [0.2, 0.25) is 0 Å². The van der Waals surface area contributed by atoms with E-state index in [1.54, 1.807) is 0 Å². The molecule has 14 heteroatoms. The number of amides is 1. The highest BCUT2D eigenvalue weighted by atomic mass is 19.4. The molecule has 0 saturated heterocycles. The minimum Gasteiger partial charge on any atom is -0.478 e. The van der Waals surface area contributed by atoms with Crippen molar-refractivity contribution >= 4 is 23.8 Å². The molecule has 41 heavy (non-hydrogen) atoms. The summed E-state index contributed by atoms with van der Waals surface area (Å²) in [5, 5.41) is 12.4. The predicted octanol–water partition coefficient (Wildman–Crippen LogP) is 4.86. The van der Waals surface area contributed by atoms with Gasteiger partial charge in [0.15, 0.2) is 0 Å². The van der Waals surface area contributed by atoms with Crippen LogP contribution in [-0.4, -0.2) is 47.2 Å². The summed E-state index contributed by atoms with van der Waals surface area (Å²) < 4.78 is 88.6. The first kappa shape index (κ1) is 29.9. The zero-order valence-corrected chi connectivity index (χ0v) is 21.0. The van der Waals surface area contributed by atoms with E-state index in [2.05, 4.69) is 5.32 Å². The van der Waals surface area contributed by atoms with Gasteiger partial charge in [-0.2, -0.15) is 26.3 Å². The number of rotatable bonds is 8. The number of benzene rings is 2. The summed E-state index contributed by atoms with van der Waals surface area (Å²) in [7, 11) is 0. The zero-order chi connectivity index (χ0) is 30.1. The molecule has 0 heterocycles. The number of carbonyl (C=O) groups excluding carboxylic acids is 3. The number of carbonyl (C=O) groups is 4. The topological polar surface area (TPSA) is 119 Å². The van der Waals surface area contributed by atoms with E-state index in [-0.39, 0.29) is 5.92 Å². The van der Waals surface area contributed by atoms with Crippen molar-refractivity contribution in [3.8, 4) is 0 Å². The molecule has 1 amide bonds. The molecule has 2 fully saturated rings. The van der Waals surface area contributed by atoms with Crippen LogP contribution in [0.25, 0.3) is 0 Å². The fraction of sp³-hybridized carbons (Fsp3) is 0.407. The van der Waals surface area contributed by atoms with E-state index in [4.69, 9.17) is 9.47 Å². The third-order valence-corrected chi connectivity index (χ3v) is 7.16. The average molecular weight is 587 g/mol. The van der Waals surface area contributed by atoms with Crippen molar-refractivity contribution in [2.45, 2.75) is 56.3 Å². The third-order valence-electron chi connectivity index (χ3n) is 7.16. The maximum Gasteiger partial charge on any atom is 0.416 e. The quantitative estimate of drug-likeness (QED) is 0.334. The van der Waals surface area contributed by atoms with Crippen molar-refractivity contribution in [3.63, 3.8) is 0 Å². The molecule has 2 aliphatic rings. The number of hydrogen-bond donors (Lipinski definition) is 2. The lowest BCUT2D eigenvalue weighted by atomic mass is 9.95. The number of fused-ring (bicyclic) bond motifs is 2. The van der Waals surface area contributed by atoms with E-state index in [9.17, 15) is 50.6 Å². The molecular weight excluding hydrogens is 564 g/mol. The van der Waals surface area contributed by atoms with Crippen LogP contribution in [0.3, 0.4) is 0 Å². The van der Waals surface area contributed by atoms with E-state index in [0.29, 0.717) is 36.6 Å². The summed E-state index contributed by atoms with van der Waals surface area (Å²) >= 11 is 0. The molecule has 2 aromatic carbocycles. The lowest BCUT2D eigenvalue weighted by Gasteiger charge is -2.28. The minimum absolute atomic E-state index is 0.0692. The Balaban J connectivity index is 1.61. The van der Waals surface area contributed by atoms with Gasteiger partial charge in [-0.15, -0.1) is 0 Å². The summed E-state index contributed by atoms with van der Waals surface area (Å²) in [6.07, 6.45) is -11.5. The summed E-state index contributed by atoms with van der Waals surface area (Å²) in [5.74, 6) is -5.88. The van der Waals surface area contributed by atoms with Crippen molar-refractivity contribution in [2.24, 2.45) is 11.8 Å². The number of esters is 2. The summed E-state index contributed by atoms with van der Waals surface area (Å²) in [4.78, 5) is 50.9. The Morgan fingerprint density at radius 1 is 0.780 bits per heavy atom. The van der Waals surface area contributed by atoms with E-state index in [0.717, 1.165) is 43.5 Å². The lowest BCUT2D eigenvalue weighted by Crippen LogP contribution is -2.53. The Bertz CT molecular complexity index is 1340. The van der Waals surface area contributed by atoms with Crippen LogP contribution in [0, 0.1) is 11.8 Å². The molecule has 2 bridgehead atoms. The van der Waals surface area contributed by atoms with Crippen LogP contribution < -0.4 is 5.32 Å². The van der Waals surface area contributed by atoms with Gasteiger partial charge in [-0.25, -0.2) is 14.4 Å². The van der Waals surface area contributed by atoms with Gasteiger partial charge in [-0.3, -0.25) is 4.79 Å². The summed E-state index contributed by atoms with van der Waals surface area (Å²) in [6, 6.07) is 5.37. The second-order valence-electron chi connectivity index (χ2n) is 9.94. The number of alkyl halides is 6. The molecule has 0 radical (unpaired) electrons. The van der Waals surface area contributed by atoms with Crippen LogP contribution in [0.5, 0.6) is 0 Å². The number of carboxylic acid groups (broad SMARTS) is 1. The monoisotopic (exact) mass is 587 g/mol. The molecule has 2 aliphatic carbocycles. The SMILES string of the molecule is O=C(O[C@H](C(=O)O)[C@@H](OC(=O)c1cccc(C(F)(F)F)c1)C(=O)N[C@H]1C[C@H]2CC[C@H]1C2)c1cccc(C(F)(F)F)c1. The number of halogens is 6. The normalized spacial score (nSPS) is 21.6. The van der Waals surface area contributed by atoms with Gasteiger partial charge in [-0.05, 0) is 67.5 Å². The fourth-order valence-corrected chi connectivity index (χ4v) is 5.19. The smallest absolute Gasteiger partial charge is 0.416 e. The number of hydrogen-bond acceptors (Lipinski definition) is 6. The molecule has 0 aromatic heterocycles. The maximum absolute atomic E-state index is 13.2. The van der Waals surface area contributed by atoms with Crippen molar-refractivity contribution in [1.82, 2.24) is 5.32 Å². The Hall–Kier alpha value is -4.10. The molecule has 0 spiro atoms. The molecule has 5 atom stereocenters. The number of nitrogens with one attached hydrogen (secondary N) is 1. The maximum atomic E-state index is 13.2. The minimum atomic E-state index is -4.84. The fourth-order valence-electron chi connectivity index (χ4n) is 5.19. The third kappa shape index (κ3) is 6.98. The zero-order valence-electron chi connectivity index (χ0n) is 21.0. The van der Waals surface area contributed by atoms with Gasteiger partial charge in [0.25, 0.3) is 5.91 Å². The van der Waals surface area contributed by atoms with E-state index in [1.165, 1.54) is 0 Å². The number of ether oxygens (including phenoxy) is 2. The van der Waals surface area contributed by atoms with Gasteiger partial charge in [0.1, 0.15) is 0 Å². The van der Waals surface area contributed by atoms with E-state index >= 15 is 0 Å². The van der Waals surface area contributed by atoms with Crippen molar-refractivity contribution in [1.29, 1.82) is 0 Å². The average Bonchev–Trinajstić information content (AvgIpc) is 3.53. The van der Waals surface area contributed by atoms with E-state index < -0.39 is 76.7 Å². The van der Waals surface area contributed by atoms with Crippen LogP contribution in [-0.2, 0) is 31.4 Å². The van der Waals surface area contributed by atoms with Gasteiger partial charge in [0, 0.05) is 6.04 Å². The first-order valence-corrected chi connectivity index (χ1v) is 12.4. The standard InChI is InChI=1S/C27H23F6NO7/c28-26(29,30)17-5-1-3-15(11-17)24(38)40-20(22(35)34-19-10-13-7-8-14(19)9-13)21(23(36)37)41-25(39)16-4-2-6-18(12-16)27(31,32)33/h1-6,11-14,19-21H,7-10H2,(H,34,35)(H,36,37)/t13-,14-,19-,20+,21-/m0/s1. The number of aliphatic carboxylic acids is 1. The summed E-state index contributed by atoms with van der Waals surface area (Å²) in [6.45, 7) is 0. The second-order valence-corrected chi connectivity index (χ2v) is 9.94. The van der Waals surface area contributed by atoms with Gasteiger partial charge in [0.05, 0.1) is 22.3 Å². The Kier molecular flexibility index (Phi) is 8.31. The molecule has 2 saturated carbocycles. The highest BCUT2D eigenvalue weighted by Crippen LogP contribution is 2.44. The van der Waals surface area contributed by atoms with Gasteiger partial charge >= 0.3 is 30.3 Å². The molecular formula is C27H23F6NO7. The van der Waals surface area contributed by atoms with Crippen molar-refractivity contribution in [3.05, 3.63) is 70.8 Å².